The topological polar surface area (TPSA) is 44.8 Å². The zero-order valence-electron chi connectivity index (χ0n) is 14.1. The summed E-state index contributed by atoms with van der Waals surface area (Å²) >= 11 is 0. The van der Waals surface area contributed by atoms with Crippen LogP contribution in [0.4, 0.5) is 9.18 Å². The number of carbonyl (C=O) groups excluding carboxylic acids is 1. The molecule has 0 heterocycles. The summed E-state index contributed by atoms with van der Waals surface area (Å²) in [5, 5.41) is 0. The van der Waals surface area contributed by atoms with Gasteiger partial charge >= 0.3 is 6.16 Å². The molecule has 0 aliphatic rings. The molecule has 5 heteroatoms. The lowest BCUT2D eigenvalue weighted by molar-refractivity contribution is 0.120. The monoisotopic (exact) mass is 332 g/mol. The van der Waals surface area contributed by atoms with Crippen molar-refractivity contribution in [3.8, 4) is 11.5 Å². The van der Waals surface area contributed by atoms with Crippen LogP contribution in [0, 0.1) is 5.82 Å². The molecule has 0 radical (unpaired) electrons. The molecular weight excluding hydrogens is 311 g/mol. The normalized spacial score (nSPS) is 10.3. The van der Waals surface area contributed by atoms with Gasteiger partial charge in [0.15, 0.2) is 11.6 Å². The zero-order valence-corrected chi connectivity index (χ0v) is 14.1. The van der Waals surface area contributed by atoms with Gasteiger partial charge in [-0.1, -0.05) is 32.0 Å². The van der Waals surface area contributed by atoms with E-state index in [4.69, 9.17) is 9.47 Å². The van der Waals surface area contributed by atoms with Crippen molar-refractivity contribution >= 4 is 6.16 Å². The van der Waals surface area contributed by atoms with Crippen LogP contribution >= 0.6 is 0 Å². The number of methoxy groups -OCH3 is 1. The molecule has 0 amide bonds. The highest BCUT2D eigenvalue weighted by Gasteiger charge is 2.14. The number of rotatable bonds is 6. The van der Waals surface area contributed by atoms with Crippen molar-refractivity contribution in [3.63, 3.8) is 0 Å². The van der Waals surface area contributed by atoms with Crippen LogP contribution in [-0.2, 0) is 24.2 Å². The molecule has 0 fully saturated rings. The fourth-order valence-corrected chi connectivity index (χ4v) is 2.36. The Hall–Kier alpha value is -2.56. The van der Waals surface area contributed by atoms with E-state index >= 15 is 0 Å². The first-order chi connectivity index (χ1) is 11.6. The molecule has 0 atom stereocenters. The highest BCUT2D eigenvalue weighted by atomic mass is 19.1. The molecule has 0 aromatic heterocycles. The van der Waals surface area contributed by atoms with Gasteiger partial charge in [-0.2, -0.15) is 0 Å². The zero-order chi connectivity index (χ0) is 17.5. The maximum atomic E-state index is 14.1. The SMILES string of the molecule is CCc1ccc(OCc2c(CC)cccc2OC(=O)OC)c(F)c1. The largest absolute Gasteiger partial charge is 0.513 e. The molecule has 0 aliphatic heterocycles. The van der Waals surface area contributed by atoms with Crippen molar-refractivity contribution in [1.29, 1.82) is 0 Å². The Morgan fingerprint density at radius 3 is 2.50 bits per heavy atom. The van der Waals surface area contributed by atoms with Crippen LogP contribution in [0.25, 0.3) is 0 Å². The van der Waals surface area contributed by atoms with Crippen LogP contribution in [-0.4, -0.2) is 13.3 Å². The van der Waals surface area contributed by atoms with Gasteiger partial charge in [0.25, 0.3) is 0 Å². The molecule has 4 nitrogen and oxygen atoms in total. The third kappa shape index (κ3) is 4.25. The molecule has 2 aromatic rings. The average molecular weight is 332 g/mol. The van der Waals surface area contributed by atoms with Gasteiger partial charge in [0.2, 0.25) is 0 Å². The van der Waals surface area contributed by atoms with Crippen LogP contribution < -0.4 is 9.47 Å². The molecule has 2 rings (SSSR count). The second-order valence-corrected chi connectivity index (χ2v) is 5.21. The minimum Gasteiger partial charge on any atom is -0.486 e. The van der Waals surface area contributed by atoms with Gasteiger partial charge in [0.1, 0.15) is 12.4 Å². The number of halogens is 1. The van der Waals surface area contributed by atoms with Crippen molar-refractivity contribution in [2.75, 3.05) is 7.11 Å². The number of hydrogen-bond acceptors (Lipinski definition) is 4. The van der Waals surface area contributed by atoms with Gasteiger partial charge in [-0.3, -0.25) is 0 Å². The molecule has 0 spiro atoms. The van der Waals surface area contributed by atoms with Crippen molar-refractivity contribution in [2.45, 2.75) is 33.3 Å². The first-order valence-corrected chi connectivity index (χ1v) is 7.86. The Balaban J connectivity index is 2.23. The van der Waals surface area contributed by atoms with Gasteiger partial charge in [0, 0.05) is 5.56 Å². The minimum atomic E-state index is -0.803. The van der Waals surface area contributed by atoms with E-state index in [2.05, 4.69) is 4.74 Å². The second-order valence-electron chi connectivity index (χ2n) is 5.21. The van der Waals surface area contributed by atoms with Crippen LogP contribution in [0.5, 0.6) is 11.5 Å². The molecule has 0 aliphatic carbocycles. The summed E-state index contributed by atoms with van der Waals surface area (Å²) in [5.74, 6) is 0.118. The van der Waals surface area contributed by atoms with E-state index in [9.17, 15) is 9.18 Å². The maximum absolute atomic E-state index is 14.1. The van der Waals surface area contributed by atoms with Crippen molar-refractivity contribution in [1.82, 2.24) is 0 Å². The predicted octanol–water partition coefficient (Wildman–Crippen LogP) is 4.67. The third-order valence-corrected chi connectivity index (χ3v) is 3.75. The van der Waals surface area contributed by atoms with Gasteiger partial charge < -0.3 is 14.2 Å². The molecule has 0 bridgehead atoms. The number of benzene rings is 2. The Labute approximate surface area is 141 Å². The van der Waals surface area contributed by atoms with Gasteiger partial charge in [-0.05, 0) is 42.2 Å². The quantitative estimate of drug-likeness (QED) is 0.569. The lowest BCUT2D eigenvalue weighted by Crippen LogP contribution is -2.11. The van der Waals surface area contributed by atoms with E-state index in [-0.39, 0.29) is 12.4 Å². The summed E-state index contributed by atoms with van der Waals surface area (Å²) in [4.78, 5) is 11.4. The van der Waals surface area contributed by atoms with Crippen molar-refractivity contribution < 1.29 is 23.4 Å². The van der Waals surface area contributed by atoms with Crippen LogP contribution in [0.15, 0.2) is 36.4 Å². The number of carbonyl (C=O) groups is 1. The summed E-state index contributed by atoms with van der Waals surface area (Å²) in [6, 6.07) is 10.3. The van der Waals surface area contributed by atoms with Gasteiger partial charge in [-0.15, -0.1) is 0 Å². The van der Waals surface area contributed by atoms with E-state index in [1.807, 2.05) is 26.0 Å². The summed E-state index contributed by atoms with van der Waals surface area (Å²) in [7, 11) is 1.24. The lowest BCUT2D eigenvalue weighted by Gasteiger charge is -2.15. The molecule has 128 valence electrons. The van der Waals surface area contributed by atoms with Gasteiger partial charge in [-0.25, -0.2) is 9.18 Å². The highest BCUT2D eigenvalue weighted by molar-refractivity contribution is 5.64. The summed E-state index contributed by atoms with van der Waals surface area (Å²) in [5.41, 5.74) is 2.56. The number of aryl methyl sites for hydroxylation is 2. The maximum Gasteiger partial charge on any atom is 0.513 e. The van der Waals surface area contributed by atoms with Crippen molar-refractivity contribution in [3.05, 3.63) is 58.9 Å². The van der Waals surface area contributed by atoms with E-state index in [1.165, 1.54) is 13.2 Å². The summed E-state index contributed by atoms with van der Waals surface area (Å²) < 4.78 is 29.4. The smallest absolute Gasteiger partial charge is 0.486 e. The predicted molar refractivity (Wildman–Crippen MR) is 89.0 cm³/mol. The fraction of sp³-hybridized carbons (Fsp3) is 0.316. The molecule has 0 unspecified atom stereocenters. The Morgan fingerprint density at radius 2 is 1.88 bits per heavy atom. The first-order valence-electron chi connectivity index (χ1n) is 7.86. The first kappa shape index (κ1) is 17.8. The molecule has 24 heavy (non-hydrogen) atoms. The van der Waals surface area contributed by atoms with E-state index in [0.29, 0.717) is 11.3 Å². The van der Waals surface area contributed by atoms with Crippen LogP contribution in [0.2, 0.25) is 0 Å². The molecule has 0 saturated heterocycles. The fourth-order valence-electron chi connectivity index (χ4n) is 2.36. The van der Waals surface area contributed by atoms with E-state index in [1.54, 1.807) is 18.2 Å². The standard InChI is InChI=1S/C19H21FO4/c1-4-13-9-10-18(16(20)11-13)23-12-15-14(5-2)7-6-8-17(15)24-19(21)22-3/h6-11H,4-5,12H2,1-3H3. The van der Waals surface area contributed by atoms with E-state index in [0.717, 1.165) is 24.0 Å². The Bertz CT molecular complexity index is 713. The Kier molecular flexibility index (Phi) is 6.18. The number of hydrogen-bond donors (Lipinski definition) is 0. The van der Waals surface area contributed by atoms with Crippen LogP contribution in [0.1, 0.15) is 30.5 Å². The highest BCUT2D eigenvalue weighted by Crippen LogP contribution is 2.27. The molecule has 0 N–H and O–H groups in total. The average Bonchev–Trinajstić information content (AvgIpc) is 2.60. The number of ether oxygens (including phenoxy) is 3. The van der Waals surface area contributed by atoms with E-state index < -0.39 is 12.0 Å². The minimum absolute atomic E-state index is 0.0960. The lowest BCUT2D eigenvalue weighted by atomic mass is 10.0. The van der Waals surface area contributed by atoms with Crippen molar-refractivity contribution in [2.24, 2.45) is 0 Å². The molecular formula is C19H21FO4. The van der Waals surface area contributed by atoms with Gasteiger partial charge in [0.05, 0.1) is 7.11 Å². The summed E-state index contributed by atoms with van der Waals surface area (Å²) in [6.07, 6.45) is 0.685. The summed E-state index contributed by atoms with van der Waals surface area (Å²) in [6.45, 7) is 4.04. The third-order valence-electron chi connectivity index (χ3n) is 3.75. The molecule has 2 aromatic carbocycles. The van der Waals surface area contributed by atoms with Crippen LogP contribution in [0.3, 0.4) is 0 Å². The Morgan fingerprint density at radius 1 is 1.08 bits per heavy atom. The molecule has 0 saturated carbocycles. The second kappa shape index (κ2) is 8.34.